The number of hydrogen-bond donors (Lipinski definition) is 1. The van der Waals surface area contributed by atoms with Crippen LogP contribution < -0.4 is 10.1 Å². The molecule has 1 N–H and O–H groups in total. The van der Waals surface area contributed by atoms with Crippen LogP contribution in [0.25, 0.3) is 0 Å². The van der Waals surface area contributed by atoms with Crippen molar-refractivity contribution in [2.45, 2.75) is 39.7 Å². The predicted molar refractivity (Wildman–Crippen MR) is 80.0 cm³/mol. The van der Waals surface area contributed by atoms with Gasteiger partial charge in [0.05, 0.1) is 6.10 Å². The topological polar surface area (TPSA) is 47.6 Å². The summed E-state index contributed by atoms with van der Waals surface area (Å²) in [6.45, 7) is 7.45. The third kappa shape index (κ3) is 6.06. The smallest absolute Gasteiger partial charge is 0.258 e. The molecule has 1 amide bonds. The molecule has 2 rings (SSSR count). The summed E-state index contributed by atoms with van der Waals surface area (Å²) in [5.74, 6) is 0.610. The Hall–Kier alpha value is -1.55. The van der Waals surface area contributed by atoms with E-state index < -0.39 is 0 Å². The Bertz CT molecular complexity index is 383. The fraction of sp³-hybridized carbons (Fsp3) is 0.562. The SMILES string of the molecule is CC.Cc1ccc(OCC(=O)NCC2CCCO2)cc1. The molecule has 1 aliphatic heterocycles. The highest BCUT2D eigenvalue weighted by Crippen LogP contribution is 2.12. The van der Waals surface area contributed by atoms with Gasteiger partial charge in [-0.2, -0.15) is 0 Å². The standard InChI is InChI=1S/C14H19NO3.C2H6/c1-11-4-6-12(7-5-11)18-10-14(16)15-9-13-3-2-8-17-13;1-2/h4-7,13H,2-3,8-10H2,1H3,(H,15,16);1-2H3. The molecule has 1 heterocycles. The molecule has 1 atom stereocenters. The van der Waals surface area contributed by atoms with Crippen LogP contribution in [0.3, 0.4) is 0 Å². The molecule has 0 aliphatic carbocycles. The quantitative estimate of drug-likeness (QED) is 0.901. The van der Waals surface area contributed by atoms with E-state index in [1.54, 1.807) is 0 Å². The van der Waals surface area contributed by atoms with Crippen LogP contribution >= 0.6 is 0 Å². The van der Waals surface area contributed by atoms with Gasteiger partial charge in [-0.15, -0.1) is 0 Å². The maximum absolute atomic E-state index is 11.5. The Balaban J connectivity index is 0.000000956. The molecule has 0 aromatic heterocycles. The van der Waals surface area contributed by atoms with Crippen molar-refractivity contribution in [3.05, 3.63) is 29.8 Å². The average Bonchev–Trinajstić information content (AvgIpc) is 3.00. The minimum atomic E-state index is -0.105. The van der Waals surface area contributed by atoms with Crippen LogP contribution in [0.5, 0.6) is 5.75 Å². The number of carbonyl (C=O) groups excluding carboxylic acids is 1. The summed E-state index contributed by atoms with van der Waals surface area (Å²) < 4.78 is 10.8. The second-order valence-corrected chi connectivity index (χ2v) is 4.54. The Morgan fingerprint density at radius 1 is 1.35 bits per heavy atom. The van der Waals surface area contributed by atoms with E-state index >= 15 is 0 Å². The highest BCUT2D eigenvalue weighted by atomic mass is 16.5. The van der Waals surface area contributed by atoms with Crippen LogP contribution in [0.1, 0.15) is 32.3 Å². The third-order valence-electron chi connectivity index (χ3n) is 2.94. The molecule has 0 saturated carbocycles. The van der Waals surface area contributed by atoms with E-state index in [1.807, 2.05) is 45.0 Å². The second kappa shape index (κ2) is 9.37. The van der Waals surface area contributed by atoms with E-state index in [0.717, 1.165) is 19.4 Å². The summed E-state index contributed by atoms with van der Waals surface area (Å²) >= 11 is 0. The minimum Gasteiger partial charge on any atom is -0.484 e. The van der Waals surface area contributed by atoms with Gasteiger partial charge < -0.3 is 14.8 Å². The number of hydrogen-bond acceptors (Lipinski definition) is 3. The summed E-state index contributed by atoms with van der Waals surface area (Å²) in [6.07, 6.45) is 2.28. The molecule has 0 bridgehead atoms. The van der Waals surface area contributed by atoms with Gasteiger partial charge in [-0.05, 0) is 31.9 Å². The monoisotopic (exact) mass is 279 g/mol. The fourth-order valence-corrected chi connectivity index (χ4v) is 1.87. The minimum absolute atomic E-state index is 0.0514. The molecule has 4 heteroatoms. The molecule has 1 aromatic rings. The first kappa shape index (κ1) is 16.5. The third-order valence-corrected chi connectivity index (χ3v) is 2.94. The number of amides is 1. The lowest BCUT2D eigenvalue weighted by molar-refractivity contribution is -0.123. The first-order valence-electron chi connectivity index (χ1n) is 7.32. The van der Waals surface area contributed by atoms with E-state index in [1.165, 1.54) is 5.56 Å². The summed E-state index contributed by atoms with van der Waals surface area (Å²) in [5.41, 5.74) is 1.17. The molecule has 1 unspecified atom stereocenters. The molecule has 1 fully saturated rings. The van der Waals surface area contributed by atoms with Crippen LogP contribution in [0.2, 0.25) is 0 Å². The predicted octanol–water partition coefficient (Wildman–Crippen LogP) is 2.70. The Morgan fingerprint density at radius 2 is 2.05 bits per heavy atom. The van der Waals surface area contributed by atoms with Crippen molar-refractivity contribution in [2.24, 2.45) is 0 Å². The summed E-state index contributed by atoms with van der Waals surface area (Å²) in [7, 11) is 0. The van der Waals surface area contributed by atoms with Crippen molar-refractivity contribution < 1.29 is 14.3 Å². The van der Waals surface area contributed by atoms with Crippen LogP contribution in [-0.4, -0.2) is 31.8 Å². The van der Waals surface area contributed by atoms with Crippen molar-refractivity contribution >= 4 is 5.91 Å². The van der Waals surface area contributed by atoms with Crippen molar-refractivity contribution in [1.82, 2.24) is 5.32 Å². The molecular formula is C16H25NO3. The van der Waals surface area contributed by atoms with Crippen molar-refractivity contribution in [2.75, 3.05) is 19.8 Å². The van der Waals surface area contributed by atoms with Crippen LogP contribution in [0, 0.1) is 6.92 Å². The van der Waals surface area contributed by atoms with Crippen LogP contribution in [0.4, 0.5) is 0 Å². The number of benzene rings is 1. The Morgan fingerprint density at radius 3 is 2.65 bits per heavy atom. The molecular weight excluding hydrogens is 254 g/mol. The van der Waals surface area contributed by atoms with Gasteiger partial charge in [0.15, 0.2) is 6.61 Å². The molecule has 1 aromatic carbocycles. The van der Waals surface area contributed by atoms with Crippen molar-refractivity contribution in [3.8, 4) is 5.75 Å². The number of aryl methyl sites for hydroxylation is 1. The zero-order valence-corrected chi connectivity index (χ0v) is 12.6. The van der Waals surface area contributed by atoms with E-state index in [0.29, 0.717) is 12.3 Å². The average molecular weight is 279 g/mol. The highest BCUT2D eigenvalue weighted by molar-refractivity contribution is 5.77. The first-order valence-corrected chi connectivity index (χ1v) is 7.32. The molecule has 0 spiro atoms. The van der Waals surface area contributed by atoms with Gasteiger partial charge in [0.2, 0.25) is 0 Å². The van der Waals surface area contributed by atoms with Gasteiger partial charge in [0, 0.05) is 13.2 Å². The van der Waals surface area contributed by atoms with Gasteiger partial charge in [-0.25, -0.2) is 0 Å². The summed E-state index contributed by atoms with van der Waals surface area (Å²) in [5, 5.41) is 2.82. The van der Waals surface area contributed by atoms with Gasteiger partial charge in [-0.1, -0.05) is 31.5 Å². The summed E-state index contributed by atoms with van der Waals surface area (Å²) in [6, 6.07) is 7.64. The van der Waals surface area contributed by atoms with Crippen LogP contribution in [-0.2, 0) is 9.53 Å². The summed E-state index contributed by atoms with van der Waals surface area (Å²) in [4.78, 5) is 11.5. The van der Waals surface area contributed by atoms with E-state index in [9.17, 15) is 4.79 Å². The molecule has 112 valence electrons. The van der Waals surface area contributed by atoms with Crippen LogP contribution in [0.15, 0.2) is 24.3 Å². The van der Waals surface area contributed by atoms with E-state index in [-0.39, 0.29) is 18.6 Å². The van der Waals surface area contributed by atoms with Gasteiger partial charge in [-0.3, -0.25) is 4.79 Å². The van der Waals surface area contributed by atoms with Gasteiger partial charge in [0.1, 0.15) is 5.75 Å². The molecule has 4 nitrogen and oxygen atoms in total. The van der Waals surface area contributed by atoms with Gasteiger partial charge in [0.25, 0.3) is 5.91 Å². The maximum atomic E-state index is 11.5. The Kier molecular flexibility index (Phi) is 7.73. The number of rotatable bonds is 5. The van der Waals surface area contributed by atoms with E-state index in [2.05, 4.69) is 5.32 Å². The normalized spacial score (nSPS) is 17.1. The maximum Gasteiger partial charge on any atom is 0.258 e. The second-order valence-electron chi connectivity index (χ2n) is 4.54. The lowest BCUT2D eigenvalue weighted by Gasteiger charge is -2.11. The van der Waals surface area contributed by atoms with E-state index in [4.69, 9.17) is 9.47 Å². The Labute approximate surface area is 121 Å². The first-order chi connectivity index (χ1) is 9.74. The van der Waals surface area contributed by atoms with Gasteiger partial charge >= 0.3 is 0 Å². The highest BCUT2D eigenvalue weighted by Gasteiger charge is 2.16. The zero-order valence-electron chi connectivity index (χ0n) is 12.6. The largest absolute Gasteiger partial charge is 0.484 e. The molecule has 1 aliphatic rings. The lowest BCUT2D eigenvalue weighted by atomic mass is 10.2. The number of nitrogens with one attached hydrogen (secondary N) is 1. The molecule has 20 heavy (non-hydrogen) atoms. The number of carbonyl (C=O) groups is 1. The number of ether oxygens (including phenoxy) is 2. The van der Waals surface area contributed by atoms with Crippen molar-refractivity contribution in [3.63, 3.8) is 0 Å². The molecule has 1 saturated heterocycles. The zero-order chi connectivity index (χ0) is 14.8. The fourth-order valence-electron chi connectivity index (χ4n) is 1.87. The lowest BCUT2D eigenvalue weighted by Crippen LogP contribution is -2.35. The van der Waals surface area contributed by atoms with Crippen molar-refractivity contribution in [1.29, 1.82) is 0 Å². The molecule has 0 radical (unpaired) electrons.